The zero-order valence-corrected chi connectivity index (χ0v) is 29.5. The van der Waals surface area contributed by atoms with Gasteiger partial charge in [-0.25, -0.2) is 4.98 Å². The number of nitrogens with zero attached hydrogens (tertiary/aromatic N) is 3. The molecule has 0 saturated carbocycles. The molecule has 0 fully saturated rings. The second-order valence-corrected chi connectivity index (χ2v) is 13.4. The largest absolute Gasteiger partial charge is 0.508 e. The Morgan fingerprint density at radius 3 is 2.38 bits per heavy atom. The molecule has 6 N–H and O–H groups in total. The molecule has 2 aromatic heterocycles. The van der Waals surface area contributed by atoms with E-state index in [0.29, 0.717) is 24.2 Å². The number of nitrogens with one attached hydrogen (secondary N) is 1. The molecule has 0 aliphatic heterocycles. The van der Waals surface area contributed by atoms with Crippen molar-refractivity contribution in [2.45, 2.75) is 56.0 Å². The Balaban J connectivity index is 1.33. The summed E-state index contributed by atoms with van der Waals surface area (Å²) in [4.78, 5) is 50.2. The van der Waals surface area contributed by atoms with Crippen LogP contribution in [-0.4, -0.2) is 79.8 Å². The number of phenols is 1. The van der Waals surface area contributed by atoms with Crippen LogP contribution >= 0.6 is 0 Å². The molecule has 4 atom stereocenters. The molecule has 0 amide bonds. The van der Waals surface area contributed by atoms with E-state index >= 15 is 0 Å². The highest BCUT2D eigenvalue weighted by molar-refractivity contribution is 5.97. The highest BCUT2D eigenvalue weighted by atomic mass is 16.6. The Hall–Kier alpha value is -5.82. The molecule has 1 aliphatic rings. The predicted molar refractivity (Wildman–Crippen MR) is 201 cm³/mol. The standard InChI is InChI=1S/C41H44N6O6/c1-52-40(51)37(21-30-25-47(36-13-7-6-12-33(30)36)38(49)34(42)20-28-14-16-32(48)17-15-28)46(24-29-10-4-2-5-11-29)26-41(18-8-3-9-19-41)53-39(50)35(43)22-31-23-44-27-45-31/h2-18,23,25,27,34-35,37,48H,19-22,24,26,42-43H2,1H3,(H,44,45)/t34-,35-,37+,41?/m0/s1. The van der Waals surface area contributed by atoms with Crippen LogP contribution in [0.4, 0.5) is 0 Å². The SMILES string of the molecule is COC(=O)[C@@H](Cc1cn(C(=O)[C@@H](N)Cc2ccc(O)cc2)c2ccccc12)N(Cc1ccccc1)CC1(OC(=O)[C@@H](N)Cc2cnc[nH]2)C=CC=CC1. The van der Waals surface area contributed by atoms with E-state index < -0.39 is 35.7 Å². The van der Waals surface area contributed by atoms with Crippen molar-refractivity contribution in [2.75, 3.05) is 13.7 Å². The quantitative estimate of drug-likeness (QED) is 0.115. The van der Waals surface area contributed by atoms with Gasteiger partial charge in [0.15, 0.2) is 0 Å². The maximum absolute atomic E-state index is 13.9. The summed E-state index contributed by atoms with van der Waals surface area (Å²) in [5.74, 6) is -1.25. The molecule has 274 valence electrons. The smallest absolute Gasteiger partial charge is 0.324 e. The van der Waals surface area contributed by atoms with Gasteiger partial charge in [0.1, 0.15) is 23.4 Å². The Morgan fingerprint density at radius 2 is 1.68 bits per heavy atom. The van der Waals surface area contributed by atoms with Crippen molar-refractivity contribution >= 4 is 28.7 Å². The van der Waals surface area contributed by atoms with Crippen molar-refractivity contribution in [1.29, 1.82) is 0 Å². The van der Waals surface area contributed by atoms with Crippen LogP contribution in [0.15, 0.2) is 122 Å². The van der Waals surface area contributed by atoms with Gasteiger partial charge in [0.2, 0.25) is 5.91 Å². The molecule has 12 heteroatoms. The molecule has 0 bridgehead atoms. The number of hydrogen-bond donors (Lipinski definition) is 4. The minimum atomic E-state index is -1.15. The molecular formula is C41H44N6O6. The molecular weight excluding hydrogens is 672 g/mol. The summed E-state index contributed by atoms with van der Waals surface area (Å²) in [5, 5.41) is 10.5. The van der Waals surface area contributed by atoms with E-state index in [0.717, 1.165) is 22.1 Å². The summed E-state index contributed by atoms with van der Waals surface area (Å²) in [7, 11) is 1.35. The van der Waals surface area contributed by atoms with E-state index in [1.807, 2.05) is 83.8 Å². The van der Waals surface area contributed by atoms with Crippen LogP contribution in [0, 0.1) is 0 Å². The number of benzene rings is 3. The molecule has 3 aromatic carbocycles. The first-order valence-corrected chi connectivity index (χ1v) is 17.5. The summed E-state index contributed by atoms with van der Waals surface area (Å²) in [6, 6.07) is 21.1. The van der Waals surface area contributed by atoms with Gasteiger partial charge in [-0.15, -0.1) is 0 Å². The number of allylic oxidation sites excluding steroid dienone is 2. The van der Waals surface area contributed by atoms with Crippen LogP contribution < -0.4 is 11.5 Å². The average Bonchev–Trinajstić information content (AvgIpc) is 3.82. The van der Waals surface area contributed by atoms with E-state index in [1.165, 1.54) is 13.4 Å². The minimum Gasteiger partial charge on any atom is -0.508 e. The summed E-state index contributed by atoms with van der Waals surface area (Å²) >= 11 is 0. The van der Waals surface area contributed by atoms with Crippen molar-refractivity contribution in [3.05, 3.63) is 144 Å². The number of fused-ring (bicyclic) bond motifs is 1. The number of phenolic OH excluding ortho intramolecular Hbond substituents is 1. The monoisotopic (exact) mass is 716 g/mol. The molecule has 0 spiro atoms. The highest BCUT2D eigenvalue weighted by Gasteiger charge is 2.40. The number of nitrogens with two attached hydrogens (primary N) is 2. The molecule has 53 heavy (non-hydrogen) atoms. The molecule has 1 aliphatic carbocycles. The Labute approximate surface area is 307 Å². The van der Waals surface area contributed by atoms with Crippen molar-refractivity contribution in [2.24, 2.45) is 11.5 Å². The summed E-state index contributed by atoms with van der Waals surface area (Å²) in [6.07, 6.45) is 13.4. The number of imidazole rings is 1. The lowest BCUT2D eigenvalue weighted by Gasteiger charge is -2.39. The second kappa shape index (κ2) is 16.7. The maximum atomic E-state index is 13.9. The minimum absolute atomic E-state index is 0.130. The molecule has 2 heterocycles. The number of aromatic hydroxyl groups is 1. The van der Waals surface area contributed by atoms with Crippen molar-refractivity contribution in [1.82, 2.24) is 19.4 Å². The number of rotatable bonds is 15. The van der Waals surface area contributed by atoms with E-state index in [-0.39, 0.29) is 37.5 Å². The van der Waals surface area contributed by atoms with Crippen molar-refractivity contribution in [3.8, 4) is 5.75 Å². The van der Waals surface area contributed by atoms with Gasteiger partial charge >= 0.3 is 11.9 Å². The number of H-pyrrole nitrogens is 1. The molecule has 0 radical (unpaired) electrons. The van der Waals surface area contributed by atoms with Gasteiger partial charge in [-0.05, 0) is 47.4 Å². The van der Waals surface area contributed by atoms with E-state index in [2.05, 4.69) is 9.97 Å². The van der Waals surface area contributed by atoms with Crippen LogP contribution in [-0.2, 0) is 44.9 Å². The van der Waals surface area contributed by atoms with Crippen molar-refractivity contribution in [3.63, 3.8) is 0 Å². The van der Waals surface area contributed by atoms with Gasteiger partial charge in [-0.1, -0.05) is 78.9 Å². The number of ether oxygens (including phenoxy) is 2. The van der Waals surface area contributed by atoms with Crippen LogP contribution in [0.3, 0.4) is 0 Å². The third-order valence-corrected chi connectivity index (χ3v) is 9.48. The number of para-hydroxylation sites is 1. The van der Waals surface area contributed by atoms with E-state index in [9.17, 15) is 19.5 Å². The Kier molecular flexibility index (Phi) is 11.6. The zero-order chi connectivity index (χ0) is 37.4. The first-order chi connectivity index (χ1) is 25.6. The molecule has 5 aromatic rings. The average molecular weight is 717 g/mol. The molecule has 1 unspecified atom stereocenters. The number of carbonyl (C=O) groups is 3. The van der Waals surface area contributed by atoms with Crippen molar-refractivity contribution < 1.29 is 29.0 Å². The van der Waals surface area contributed by atoms with E-state index in [1.54, 1.807) is 41.2 Å². The fourth-order valence-corrected chi connectivity index (χ4v) is 6.75. The van der Waals surface area contributed by atoms with Gasteiger partial charge in [0.05, 0.1) is 25.0 Å². The number of aromatic nitrogens is 3. The Bertz CT molecular complexity index is 2070. The Morgan fingerprint density at radius 1 is 0.925 bits per heavy atom. The summed E-state index contributed by atoms with van der Waals surface area (Å²) in [5.41, 5.74) is 15.5. The number of carbonyl (C=O) groups excluding carboxylic acids is 3. The zero-order valence-electron chi connectivity index (χ0n) is 29.5. The first-order valence-electron chi connectivity index (χ1n) is 17.5. The van der Waals surface area contributed by atoms with Crippen LogP contribution in [0.5, 0.6) is 5.75 Å². The molecule has 12 nitrogen and oxygen atoms in total. The third-order valence-electron chi connectivity index (χ3n) is 9.48. The van der Waals surface area contributed by atoms with Gasteiger partial charge in [0, 0.05) is 55.8 Å². The lowest BCUT2D eigenvalue weighted by atomic mass is 9.92. The lowest BCUT2D eigenvalue weighted by Crippen LogP contribution is -2.53. The van der Waals surface area contributed by atoms with Gasteiger partial charge in [-0.2, -0.15) is 0 Å². The normalized spacial score (nSPS) is 17.1. The van der Waals surface area contributed by atoms with Gasteiger partial charge in [0.25, 0.3) is 0 Å². The topological polar surface area (TPSA) is 179 Å². The fourth-order valence-electron chi connectivity index (χ4n) is 6.75. The van der Waals surface area contributed by atoms with E-state index in [4.69, 9.17) is 20.9 Å². The number of aromatic amines is 1. The lowest BCUT2D eigenvalue weighted by molar-refractivity contribution is -0.160. The molecule has 6 rings (SSSR count). The third kappa shape index (κ3) is 8.98. The predicted octanol–water partition coefficient (Wildman–Crippen LogP) is 4.23. The second-order valence-electron chi connectivity index (χ2n) is 13.4. The number of methoxy groups -OCH3 is 1. The van der Waals surface area contributed by atoms with Crippen LogP contribution in [0.2, 0.25) is 0 Å². The highest BCUT2D eigenvalue weighted by Crippen LogP contribution is 2.30. The van der Waals surface area contributed by atoms with Crippen LogP contribution in [0.25, 0.3) is 10.9 Å². The van der Waals surface area contributed by atoms with Crippen LogP contribution in [0.1, 0.15) is 33.6 Å². The number of hydrogen-bond acceptors (Lipinski definition) is 10. The van der Waals surface area contributed by atoms with Gasteiger partial charge < -0.3 is 31.0 Å². The maximum Gasteiger partial charge on any atom is 0.324 e. The summed E-state index contributed by atoms with van der Waals surface area (Å²) in [6.45, 7) is 0.465. The fraction of sp³-hybridized carbons (Fsp3) is 0.268. The number of esters is 2. The molecule has 0 saturated heterocycles. The summed E-state index contributed by atoms with van der Waals surface area (Å²) < 4.78 is 13.2. The first kappa shape index (κ1) is 37.0. The van der Waals surface area contributed by atoms with Gasteiger partial charge in [-0.3, -0.25) is 23.9 Å².